The number of amides is 1. The Kier molecular flexibility index (Phi) is 4.40. The highest BCUT2D eigenvalue weighted by Crippen LogP contribution is 2.36. The van der Waals surface area contributed by atoms with Gasteiger partial charge in [-0.15, -0.1) is 0 Å². The van der Waals surface area contributed by atoms with Crippen LogP contribution >= 0.6 is 0 Å². The molecule has 2 aliphatic carbocycles. The van der Waals surface area contributed by atoms with Gasteiger partial charge in [-0.25, -0.2) is 0 Å². The maximum absolute atomic E-state index is 12.7. The number of ether oxygens (including phenoxy) is 1. The van der Waals surface area contributed by atoms with E-state index in [2.05, 4.69) is 10.2 Å². The number of carbonyl (C=O) groups is 1. The van der Waals surface area contributed by atoms with Gasteiger partial charge in [0.05, 0.1) is 6.10 Å². The Morgan fingerprint density at radius 1 is 1.00 bits per heavy atom. The lowest BCUT2D eigenvalue weighted by molar-refractivity contribution is -0.144. The minimum atomic E-state index is 0.184. The molecule has 22 heavy (non-hydrogen) atoms. The first-order valence-corrected chi connectivity index (χ1v) is 9.47. The van der Waals surface area contributed by atoms with Crippen LogP contribution in [-0.2, 0) is 9.53 Å². The van der Waals surface area contributed by atoms with Crippen LogP contribution in [0.4, 0.5) is 0 Å². The van der Waals surface area contributed by atoms with Crippen molar-refractivity contribution >= 4 is 5.91 Å². The smallest absolute Gasteiger partial charge is 0.223 e. The number of carbonyl (C=O) groups excluding carboxylic acids is 1. The number of rotatable bonds is 3. The van der Waals surface area contributed by atoms with Gasteiger partial charge in [-0.2, -0.15) is 0 Å². The molecule has 2 saturated heterocycles. The van der Waals surface area contributed by atoms with Crippen molar-refractivity contribution in [2.24, 2.45) is 11.8 Å². The van der Waals surface area contributed by atoms with E-state index in [0.717, 1.165) is 32.0 Å². The Labute approximate surface area is 134 Å². The van der Waals surface area contributed by atoms with Crippen LogP contribution in [0.3, 0.4) is 0 Å². The summed E-state index contributed by atoms with van der Waals surface area (Å²) in [5, 5.41) is 3.29. The maximum Gasteiger partial charge on any atom is 0.223 e. The fourth-order valence-electron chi connectivity index (χ4n) is 4.93. The summed E-state index contributed by atoms with van der Waals surface area (Å²) in [6.45, 7) is 3.02. The van der Waals surface area contributed by atoms with Crippen molar-refractivity contribution < 1.29 is 9.53 Å². The highest BCUT2D eigenvalue weighted by atomic mass is 16.5. The molecule has 4 heteroatoms. The predicted octanol–water partition coefficient (Wildman–Crippen LogP) is 2.32. The first-order chi connectivity index (χ1) is 10.8. The molecule has 1 N–H and O–H groups in total. The molecule has 0 bridgehead atoms. The van der Waals surface area contributed by atoms with Crippen LogP contribution < -0.4 is 5.32 Å². The number of nitrogens with zero attached hydrogens (tertiary/aromatic N) is 1. The summed E-state index contributed by atoms with van der Waals surface area (Å²) >= 11 is 0. The summed E-state index contributed by atoms with van der Waals surface area (Å²) in [5.41, 5.74) is 0. The quantitative estimate of drug-likeness (QED) is 0.870. The third kappa shape index (κ3) is 2.92. The Morgan fingerprint density at radius 3 is 2.55 bits per heavy atom. The highest BCUT2D eigenvalue weighted by molar-refractivity contribution is 5.79. The topological polar surface area (TPSA) is 41.6 Å². The fraction of sp³-hybridized carbons (Fsp3) is 0.944. The molecule has 4 aliphatic rings. The summed E-state index contributed by atoms with van der Waals surface area (Å²) in [7, 11) is 0. The van der Waals surface area contributed by atoms with E-state index in [4.69, 9.17) is 4.74 Å². The molecule has 0 aromatic carbocycles. The normalized spacial score (nSPS) is 37.5. The van der Waals surface area contributed by atoms with Gasteiger partial charge in [0, 0.05) is 43.6 Å². The van der Waals surface area contributed by atoms with E-state index in [9.17, 15) is 4.79 Å². The van der Waals surface area contributed by atoms with Crippen LogP contribution in [0.5, 0.6) is 0 Å². The third-order valence-electron chi connectivity index (χ3n) is 6.53. The van der Waals surface area contributed by atoms with Gasteiger partial charge in [0.2, 0.25) is 5.91 Å². The highest BCUT2D eigenvalue weighted by Gasteiger charge is 2.43. The van der Waals surface area contributed by atoms with Crippen molar-refractivity contribution in [3.05, 3.63) is 0 Å². The average Bonchev–Trinajstić information content (AvgIpc) is 3.04. The number of fused-ring (bicyclic) bond motifs is 1. The molecular weight excluding hydrogens is 276 g/mol. The van der Waals surface area contributed by atoms with Crippen molar-refractivity contribution in [2.75, 3.05) is 19.7 Å². The second-order valence-corrected chi connectivity index (χ2v) is 7.83. The zero-order valence-electron chi connectivity index (χ0n) is 13.6. The minimum Gasteiger partial charge on any atom is -0.378 e. The van der Waals surface area contributed by atoms with Gasteiger partial charge in [0.15, 0.2) is 0 Å². The molecule has 2 heterocycles. The maximum atomic E-state index is 12.7. The molecule has 0 aromatic rings. The summed E-state index contributed by atoms with van der Waals surface area (Å²) in [4.78, 5) is 15.4. The molecule has 0 spiro atoms. The van der Waals surface area contributed by atoms with Crippen LogP contribution in [0.2, 0.25) is 0 Å². The molecule has 4 fully saturated rings. The van der Waals surface area contributed by atoms with E-state index in [-0.39, 0.29) is 5.92 Å². The van der Waals surface area contributed by atoms with E-state index in [1.807, 2.05) is 0 Å². The number of likely N-dealkylation sites (tertiary alicyclic amines) is 1. The van der Waals surface area contributed by atoms with Gasteiger partial charge in [0.1, 0.15) is 0 Å². The van der Waals surface area contributed by atoms with Gasteiger partial charge >= 0.3 is 0 Å². The largest absolute Gasteiger partial charge is 0.378 e. The second-order valence-electron chi connectivity index (χ2n) is 7.83. The summed E-state index contributed by atoms with van der Waals surface area (Å²) in [6.07, 6.45) is 11.5. The standard InChI is InChI=1S/C18H30N2O2/c21-18(19-13-4-3-5-13)15-9-11-22-17-8-10-20(12-16(15)17)14-6-1-2-7-14/h13-17H,1-12H2,(H,19,21)/t15-,16-,17-/m1/s1. The van der Waals surface area contributed by atoms with Crippen LogP contribution in [0.25, 0.3) is 0 Å². The molecule has 0 unspecified atom stereocenters. The Balaban J connectivity index is 1.41. The Morgan fingerprint density at radius 2 is 1.82 bits per heavy atom. The average molecular weight is 306 g/mol. The van der Waals surface area contributed by atoms with E-state index in [1.54, 1.807) is 0 Å². The number of nitrogens with one attached hydrogen (secondary N) is 1. The zero-order chi connectivity index (χ0) is 14.9. The lowest BCUT2D eigenvalue weighted by Crippen LogP contribution is -2.56. The molecule has 124 valence electrons. The molecular formula is C18H30N2O2. The first-order valence-electron chi connectivity index (χ1n) is 9.47. The Hall–Kier alpha value is -0.610. The van der Waals surface area contributed by atoms with E-state index < -0.39 is 0 Å². The zero-order valence-corrected chi connectivity index (χ0v) is 13.6. The van der Waals surface area contributed by atoms with Crippen LogP contribution in [0.15, 0.2) is 0 Å². The Bertz CT molecular complexity index is 404. The van der Waals surface area contributed by atoms with Crippen molar-refractivity contribution in [1.29, 1.82) is 0 Å². The summed E-state index contributed by atoms with van der Waals surface area (Å²) in [6, 6.07) is 1.24. The van der Waals surface area contributed by atoms with E-state index >= 15 is 0 Å². The van der Waals surface area contributed by atoms with E-state index in [0.29, 0.717) is 24.0 Å². The van der Waals surface area contributed by atoms with Gasteiger partial charge < -0.3 is 10.1 Å². The molecule has 4 nitrogen and oxygen atoms in total. The lowest BCUT2D eigenvalue weighted by Gasteiger charge is -2.46. The SMILES string of the molecule is O=C(NC1CCC1)[C@@H]1CCO[C@@H]2CCN(C3CCCC3)C[C@@H]21. The summed E-state index contributed by atoms with van der Waals surface area (Å²) < 4.78 is 6.01. The molecule has 4 rings (SSSR count). The fourth-order valence-corrected chi connectivity index (χ4v) is 4.93. The van der Waals surface area contributed by atoms with Crippen molar-refractivity contribution in [2.45, 2.75) is 76.0 Å². The molecule has 0 radical (unpaired) electrons. The van der Waals surface area contributed by atoms with Crippen LogP contribution in [0.1, 0.15) is 57.8 Å². The van der Waals surface area contributed by atoms with E-state index in [1.165, 1.54) is 51.5 Å². The molecule has 2 saturated carbocycles. The van der Waals surface area contributed by atoms with Crippen molar-refractivity contribution in [1.82, 2.24) is 10.2 Å². The van der Waals surface area contributed by atoms with Gasteiger partial charge in [0.25, 0.3) is 0 Å². The van der Waals surface area contributed by atoms with Crippen molar-refractivity contribution in [3.8, 4) is 0 Å². The first kappa shape index (κ1) is 14.9. The molecule has 1 amide bonds. The van der Waals surface area contributed by atoms with Gasteiger partial charge in [-0.3, -0.25) is 9.69 Å². The third-order valence-corrected chi connectivity index (χ3v) is 6.53. The number of piperidine rings is 1. The number of hydrogen-bond donors (Lipinski definition) is 1. The van der Waals surface area contributed by atoms with Gasteiger partial charge in [-0.05, 0) is 44.9 Å². The molecule has 3 atom stereocenters. The van der Waals surface area contributed by atoms with Crippen LogP contribution in [0, 0.1) is 11.8 Å². The van der Waals surface area contributed by atoms with Gasteiger partial charge in [-0.1, -0.05) is 12.8 Å². The monoisotopic (exact) mass is 306 g/mol. The van der Waals surface area contributed by atoms with Crippen LogP contribution in [-0.4, -0.2) is 48.7 Å². The summed E-state index contributed by atoms with van der Waals surface area (Å²) in [5.74, 6) is 0.919. The number of hydrogen-bond acceptors (Lipinski definition) is 3. The minimum absolute atomic E-state index is 0.184. The molecule has 0 aromatic heterocycles. The lowest BCUT2D eigenvalue weighted by atomic mass is 9.78. The van der Waals surface area contributed by atoms with Crippen molar-refractivity contribution in [3.63, 3.8) is 0 Å². The molecule has 2 aliphatic heterocycles. The predicted molar refractivity (Wildman–Crippen MR) is 85.6 cm³/mol. The second kappa shape index (κ2) is 6.48.